The first-order chi connectivity index (χ1) is 9.84. The van der Waals surface area contributed by atoms with E-state index in [9.17, 15) is 0 Å². The highest BCUT2D eigenvalue weighted by molar-refractivity contribution is 5.41. The summed E-state index contributed by atoms with van der Waals surface area (Å²) in [5, 5.41) is 0. The molecular weight excluding hydrogens is 244 g/mol. The van der Waals surface area contributed by atoms with E-state index >= 15 is 0 Å². The standard InChI is InChI=1S/C18H28N2/c1-3-4-5-6-7-11-14-19-16-20-15-17(2)18-12-9-8-10-13-18/h8-10,12-13,17H,3-7,11,14-15H2,1-2H3. The molecule has 2 nitrogen and oxygen atoms in total. The van der Waals surface area contributed by atoms with E-state index in [4.69, 9.17) is 0 Å². The number of rotatable bonds is 10. The molecule has 1 aromatic rings. The zero-order valence-electron chi connectivity index (χ0n) is 13.0. The minimum atomic E-state index is 0.438. The van der Waals surface area contributed by atoms with Gasteiger partial charge in [0.15, 0.2) is 0 Å². The molecule has 1 rings (SSSR count). The third-order valence-electron chi connectivity index (χ3n) is 3.50. The molecule has 0 amide bonds. The van der Waals surface area contributed by atoms with Gasteiger partial charge in [-0.05, 0) is 12.0 Å². The fourth-order valence-corrected chi connectivity index (χ4v) is 2.14. The van der Waals surface area contributed by atoms with Crippen LogP contribution in [0.3, 0.4) is 0 Å². The minimum Gasteiger partial charge on any atom is -0.226 e. The number of hydrogen-bond donors (Lipinski definition) is 0. The lowest BCUT2D eigenvalue weighted by molar-refractivity contribution is 0.612. The smallest absolute Gasteiger partial charge is 0.0892 e. The molecular formula is C18H28N2. The van der Waals surface area contributed by atoms with Crippen molar-refractivity contribution >= 4 is 6.01 Å². The Kier molecular flexibility index (Phi) is 9.52. The van der Waals surface area contributed by atoms with Gasteiger partial charge >= 0.3 is 0 Å². The molecule has 0 aliphatic carbocycles. The average molecular weight is 272 g/mol. The Bertz CT molecular complexity index is 391. The number of unbranched alkanes of at least 4 members (excludes halogenated alkanes) is 5. The normalized spacial score (nSPS) is 11.7. The van der Waals surface area contributed by atoms with Crippen LogP contribution < -0.4 is 0 Å². The van der Waals surface area contributed by atoms with Crippen LogP contribution in [0.2, 0.25) is 0 Å². The topological polar surface area (TPSA) is 24.7 Å². The highest BCUT2D eigenvalue weighted by Gasteiger charge is 2.01. The molecule has 1 atom stereocenters. The van der Waals surface area contributed by atoms with Crippen LogP contribution in [0.5, 0.6) is 0 Å². The van der Waals surface area contributed by atoms with Gasteiger partial charge in [-0.25, -0.2) is 9.98 Å². The van der Waals surface area contributed by atoms with Gasteiger partial charge in [0.05, 0.1) is 12.6 Å². The van der Waals surface area contributed by atoms with Crippen LogP contribution in [0, 0.1) is 0 Å². The number of aliphatic imine (C=N–C) groups is 2. The quantitative estimate of drug-likeness (QED) is 0.406. The van der Waals surface area contributed by atoms with Gasteiger partial charge in [-0.2, -0.15) is 0 Å². The zero-order chi connectivity index (χ0) is 14.5. The maximum absolute atomic E-state index is 4.28. The summed E-state index contributed by atoms with van der Waals surface area (Å²) in [6.07, 6.45) is 7.83. The second-order valence-corrected chi connectivity index (χ2v) is 5.40. The second kappa shape index (κ2) is 11.4. The minimum absolute atomic E-state index is 0.438. The molecule has 0 fully saturated rings. The molecule has 0 saturated carbocycles. The Morgan fingerprint density at radius 1 is 0.950 bits per heavy atom. The molecule has 0 aromatic heterocycles. The van der Waals surface area contributed by atoms with Crippen LogP contribution in [-0.4, -0.2) is 19.1 Å². The third-order valence-corrected chi connectivity index (χ3v) is 3.50. The summed E-state index contributed by atoms with van der Waals surface area (Å²) >= 11 is 0. The van der Waals surface area contributed by atoms with E-state index in [0.717, 1.165) is 13.1 Å². The van der Waals surface area contributed by atoms with Crippen LogP contribution in [0.4, 0.5) is 0 Å². The van der Waals surface area contributed by atoms with Gasteiger partial charge in [0.25, 0.3) is 0 Å². The van der Waals surface area contributed by atoms with Gasteiger partial charge in [-0.15, -0.1) is 0 Å². The lowest BCUT2D eigenvalue weighted by Crippen LogP contribution is -1.96. The molecule has 0 saturated heterocycles. The SMILES string of the molecule is CCCCCCCCN=C=NCC(C)c1ccccc1. The Morgan fingerprint density at radius 2 is 1.65 bits per heavy atom. The second-order valence-electron chi connectivity index (χ2n) is 5.40. The number of hydrogen-bond acceptors (Lipinski definition) is 2. The lowest BCUT2D eigenvalue weighted by atomic mass is 10.0. The van der Waals surface area contributed by atoms with Crippen molar-refractivity contribution in [1.29, 1.82) is 0 Å². The van der Waals surface area contributed by atoms with Crippen LogP contribution in [0.25, 0.3) is 0 Å². The van der Waals surface area contributed by atoms with Crippen LogP contribution in [0.15, 0.2) is 40.3 Å². The number of nitrogens with zero attached hydrogens (tertiary/aromatic N) is 2. The largest absolute Gasteiger partial charge is 0.226 e. The van der Waals surface area contributed by atoms with Crippen molar-refractivity contribution in [2.24, 2.45) is 9.98 Å². The highest BCUT2D eigenvalue weighted by atomic mass is 14.8. The van der Waals surface area contributed by atoms with Gasteiger partial charge in [0.1, 0.15) is 0 Å². The molecule has 0 radical (unpaired) electrons. The summed E-state index contributed by atoms with van der Waals surface area (Å²) < 4.78 is 0. The summed E-state index contributed by atoms with van der Waals surface area (Å²) in [4.78, 5) is 8.52. The summed E-state index contributed by atoms with van der Waals surface area (Å²) in [5.74, 6) is 0.438. The molecule has 0 spiro atoms. The van der Waals surface area contributed by atoms with E-state index in [2.05, 4.69) is 54.1 Å². The molecule has 1 aromatic carbocycles. The van der Waals surface area contributed by atoms with Crippen molar-refractivity contribution in [1.82, 2.24) is 0 Å². The lowest BCUT2D eigenvalue weighted by Gasteiger charge is -2.06. The van der Waals surface area contributed by atoms with Crippen molar-refractivity contribution in [3.05, 3.63) is 35.9 Å². The summed E-state index contributed by atoms with van der Waals surface area (Å²) in [6, 6.07) is 13.3. The molecule has 1 unspecified atom stereocenters. The van der Waals surface area contributed by atoms with Gasteiger partial charge in [-0.3, -0.25) is 0 Å². The summed E-state index contributed by atoms with van der Waals surface area (Å²) in [6.45, 7) is 6.07. The van der Waals surface area contributed by atoms with E-state index in [1.54, 1.807) is 0 Å². The molecule has 110 valence electrons. The van der Waals surface area contributed by atoms with E-state index in [0.29, 0.717) is 5.92 Å². The summed E-state index contributed by atoms with van der Waals surface area (Å²) in [5.41, 5.74) is 1.33. The Hall–Kier alpha value is -1.40. The highest BCUT2D eigenvalue weighted by Crippen LogP contribution is 2.14. The van der Waals surface area contributed by atoms with Gasteiger partial charge in [0.2, 0.25) is 0 Å². The first-order valence-electron chi connectivity index (χ1n) is 7.97. The maximum atomic E-state index is 4.28. The average Bonchev–Trinajstić information content (AvgIpc) is 2.50. The van der Waals surface area contributed by atoms with Crippen molar-refractivity contribution in [3.8, 4) is 0 Å². The van der Waals surface area contributed by atoms with Crippen LogP contribution >= 0.6 is 0 Å². The van der Waals surface area contributed by atoms with Crippen molar-refractivity contribution in [2.45, 2.75) is 58.3 Å². The Balaban J connectivity index is 2.10. The van der Waals surface area contributed by atoms with Crippen LogP contribution in [-0.2, 0) is 0 Å². The van der Waals surface area contributed by atoms with Gasteiger partial charge in [0, 0.05) is 12.5 Å². The molecule has 0 N–H and O–H groups in total. The van der Waals surface area contributed by atoms with E-state index < -0.39 is 0 Å². The monoisotopic (exact) mass is 272 g/mol. The van der Waals surface area contributed by atoms with Crippen molar-refractivity contribution in [2.75, 3.05) is 13.1 Å². The third kappa shape index (κ3) is 7.91. The first kappa shape index (κ1) is 16.7. The fraction of sp³-hybridized carbons (Fsp3) is 0.611. The van der Waals surface area contributed by atoms with Gasteiger partial charge in [-0.1, -0.05) is 76.3 Å². The van der Waals surface area contributed by atoms with Crippen molar-refractivity contribution < 1.29 is 0 Å². The van der Waals surface area contributed by atoms with Crippen molar-refractivity contribution in [3.63, 3.8) is 0 Å². The molecule has 0 aliphatic rings. The molecule has 0 bridgehead atoms. The van der Waals surface area contributed by atoms with E-state index in [1.165, 1.54) is 44.1 Å². The Labute approximate surface area is 124 Å². The predicted molar refractivity (Wildman–Crippen MR) is 87.8 cm³/mol. The fourth-order valence-electron chi connectivity index (χ4n) is 2.14. The van der Waals surface area contributed by atoms with E-state index in [1.807, 2.05) is 6.07 Å². The summed E-state index contributed by atoms with van der Waals surface area (Å²) in [7, 11) is 0. The molecule has 0 heterocycles. The molecule has 0 aliphatic heterocycles. The first-order valence-corrected chi connectivity index (χ1v) is 7.97. The predicted octanol–water partition coefficient (Wildman–Crippen LogP) is 5.32. The van der Waals surface area contributed by atoms with Gasteiger partial charge < -0.3 is 0 Å². The Morgan fingerprint density at radius 3 is 2.40 bits per heavy atom. The zero-order valence-corrected chi connectivity index (χ0v) is 13.0. The van der Waals surface area contributed by atoms with Crippen LogP contribution in [0.1, 0.15) is 63.9 Å². The maximum Gasteiger partial charge on any atom is 0.0892 e. The number of benzene rings is 1. The molecule has 20 heavy (non-hydrogen) atoms. The molecule has 2 heteroatoms. The van der Waals surface area contributed by atoms with E-state index in [-0.39, 0.29) is 0 Å².